The second kappa shape index (κ2) is 6.92. The molecule has 0 spiro atoms. The molecule has 1 fully saturated rings. The monoisotopic (exact) mass is 321 g/mol. The minimum Gasteiger partial charge on any atom is -0.389 e. The molecular weight excluding hydrogens is 294 g/mol. The largest absolute Gasteiger partial charge is 0.389 e. The summed E-state index contributed by atoms with van der Waals surface area (Å²) in [5, 5.41) is 15.4. The van der Waals surface area contributed by atoms with E-state index in [-0.39, 0.29) is 23.9 Å². The van der Waals surface area contributed by atoms with Gasteiger partial charge in [-0.1, -0.05) is 80.6 Å². The third-order valence-corrected chi connectivity index (χ3v) is 5.72. The predicted molar refractivity (Wildman–Crippen MR) is 99.6 cm³/mol. The Hall–Kier alpha value is -1.90. The van der Waals surface area contributed by atoms with Crippen molar-refractivity contribution in [2.75, 3.05) is 0 Å². The number of rotatable bonds is 4. The van der Waals surface area contributed by atoms with Gasteiger partial charge in [0.25, 0.3) is 0 Å². The van der Waals surface area contributed by atoms with E-state index in [0.717, 1.165) is 0 Å². The van der Waals surface area contributed by atoms with E-state index in [0.29, 0.717) is 6.42 Å². The first-order valence-electron chi connectivity index (χ1n) is 8.77. The highest BCUT2D eigenvalue weighted by Crippen LogP contribution is 2.48. The molecule has 0 aromatic heterocycles. The highest BCUT2D eigenvalue weighted by atomic mass is 16.3. The molecule has 0 aliphatic carbocycles. The molecule has 1 aliphatic heterocycles. The van der Waals surface area contributed by atoms with Gasteiger partial charge < -0.3 is 10.4 Å². The molecule has 1 heterocycles. The summed E-state index contributed by atoms with van der Waals surface area (Å²) in [4.78, 5) is 0. The Morgan fingerprint density at radius 1 is 0.917 bits per heavy atom. The Balaban J connectivity index is 2.03. The van der Waals surface area contributed by atoms with Gasteiger partial charge in [-0.25, -0.2) is 0 Å². The lowest BCUT2D eigenvalue weighted by Gasteiger charge is -2.52. The fourth-order valence-electron chi connectivity index (χ4n) is 4.17. The standard InChI is InChI=1S/C22H27NO/c1-4-15-22(24)16(2)20(18-11-7-5-8-12-18)23-21(17(22)3)19-13-9-6-10-14-19/h4-14,16-17,20-21,23-24H,1,15H2,2-3H3/t16-,17-,20-,21-/m1/s1. The summed E-state index contributed by atoms with van der Waals surface area (Å²) in [5.74, 6) is 0.181. The first-order valence-corrected chi connectivity index (χ1v) is 8.77. The molecule has 2 aromatic carbocycles. The van der Waals surface area contributed by atoms with Gasteiger partial charge in [0.2, 0.25) is 0 Å². The molecule has 0 radical (unpaired) electrons. The third-order valence-electron chi connectivity index (χ3n) is 5.72. The van der Waals surface area contributed by atoms with Gasteiger partial charge >= 0.3 is 0 Å². The molecule has 2 heteroatoms. The fourth-order valence-corrected chi connectivity index (χ4v) is 4.17. The van der Waals surface area contributed by atoms with Crippen molar-refractivity contribution in [2.24, 2.45) is 11.8 Å². The molecule has 2 N–H and O–H groups in total. The van der Waals surface area contributed by atoms with Crippen molar-refractivity contribution in [3.05, 3.63) is 84.4 Å². The maximum Gasteiger partial charge on any atom is 0.0768 e. The molecule has 24 heavy (non-hydrogen) atoms. The zero-order chi connectivity index (χ0) is 17.2. The quantitative estimate of drug-likeness (QED) is 0.803. The van der Waals surface area contributed by atoms with E-state index < -0.39 is 5.60 Å². The summed E-state index contributed by atoms with van der Waals surface area (Å²) in [6.45, 7) is 8.17. The summed E-state index contributed by atoms with van der Waals surface area (Å²) in [5.41, 5.74) is 1.66. The van der Waals surface area contributed by atoms with Gasteiger partial charge in [-0.05, 0) is 17.5 Å². The second-order valence-corrected chi connectivity index (χ2v) is 7.00. The van der Waals surface area contributed by atoms with Crippen LogP contribution in [0.1, 0.15) is 43.5 Å². The van der Waals surface area contributed by atoms with Crippen LogP contribution in [0, 0.1) is 11.8 Å². The van der Waals surface area contributed by atoms with Crippen LogP contribution in [0.25, 0.3) is 0 Å². The normalized spacial score (nSPS) is 33.1. The lowest BCUT2D eigenvalue weighted by Crippen LogP contribution is -2.57. The summed E-state index contributed by atoms with van der Waals surface area (Å²) in [6, 6.07) is 21.1. The number of benzene rings is 2. The van der Waals surface area contributed by atoms with Gasteiger partial charge in [-0.2, -0.15) is 0 Å². The van der Waals surface area contributed by atoms with Crippen LogP contribution in [0.3, 0.4) is 0 Å². The van der Waals surface area contributed by atoms with Crippen molar-refractivity contribution < 1.29 is 5.11 Å². The maximum absolute atomic E-state index is 11.6. The smallest absolute Gasteiger partial charge is 0.0768 e. The Morgan fingerprint density at radius 2 is 1.33 bits per heavy atom. The van der Waals surface area contributed by atoms with Gasteiger partial charge in [-0.3, -0.25) is 0 Å². The van der Waals surface area contributed by atoms with E-state index in [9.17, 15) is 5.11 Å². The lowest BCUT2D eigenvalue weighted by atomic mass is 9.65. The number of hydrogen-bond acceptors (Lipinski definition) is 2. The highest BCUT2D eigenvalue weighted by Gasteiger charge is 2.50. The van der Waals surface area contributed by atoms with E-state index in [4.69, 9.17) is 0 Å². The van der Waals surface area contributed by atoms with Crippen molar-refractivity contribution >= 4 is 0 Å². The van der Waals surface area contributed by atoms with Crippen molar-refractivity contribution in [3.8, 4) is 0 Å². The van der Waals surface area contributed by atoms with Crippen LogP contribution in [0.4, 0.5) is 0 Å². The van der Waals surface area contributed by atoms with E-state index in [1.807, 2.05) is 18.2 Å². The molecule has 3 rings (SSSR count). The maximum atomic E-state index is 11.6. The SMILES string of the molecule is C=CCC1(O)[C@H](C)[C@H](c2ccccc2)N[C@@H](c2ccccc2)[C@H]1C. The van der Waals surface area contributed by atoms with Crippen LogP contribution in [-0.2, 0) is 0 Å². The van der Waals surface area contributed by atoms with Gasteiger partial charge in [0.05, 0.1) is 5.60 Å². The number of nitrogens with one attached hydrogen (secondary N) is 1. The average molecular weight is 321 g/mol. The Labute approximate surface area is 145 Å². The number of hydrogen-bond donors (Lipinski definition) is 2. The molecular formula is C22H27NO. The van der Waals surface area contributed by atoms with Crippen LogP contribution in [0.5, 0.6) is 0 Å². The van der Waals surface area contributed by atoms with E-state index in [1.165, 1.54) is 11.1 Å². The Bertz CT molecular complexity index is 615. The topological polar surface area (TPSA) is 32.3 Å². The fraction of sp³-hybridized carbons (Fsp3) is 0.364. The lowest BCUT2D eigenvalue weighted by molar-refractivity contribution is -0.108. The minimum atomic E-state index is -0.784. The Morgan fingerprint density at radius 3 is 1.71 bits per heavy atom. The molecule has 1 aliphatic rings. The molecule has 0 unspecified atom stereocenters. The van der Waals surface area contributed by atoms with Crippen LogP contribution in [0.15, 0.2) is 73.3 Å². The predicted octanol–water partition coefficient (Wildman–Crippen LogP) is 4.65. The Kier molecular flexibility index (Phi) is 4.88. The van der Waals surface area contributed by atoms with Crippen LogP contribution in [-0.4, -0.2) is 10.7 Å². The van der Waals surface area contributed by atoms with Gasteiger partial charge in [0.15, 0.2) is 0 Å². The molecule has 0 saturated carbocycles. The zero-order valence-corrected chi connectivity index (χ0v) is 14.5. The molecule has 4 atom stereocenters. The molecule has 2 nitrogen and oxygen atoms in total. The van der Waals surface area contributed by atoms with Gasteiger partial charge in [0.1, 0.15) is 0 Å². The summed E-state index contributed by atoms with van der Waals surface area (Å²) in [7, 11) is 0. The first kappa shape index (κ1) is 16.9. The summed E-state index contributed by atoms with van der Waals surface area (Å²) >= 11 is 0. The first-order chi connectivity index (χ1) is 11.6. The van der Waals surface area contributed by atoms with E-state index >= 15 is 0 Å². The van der Waals surface area contributed by atoms with Crippen molar-refractivity contribution in [1.29, 1.82) is 0 Å². The molecule has 1 saturated heterocycles. The zero-order valence-electron chi connectivity index (χ0n) is 14.5. The molecule has 126 valence electrons. The van der Waals surface area contributed by atoms with Crippen molar-refractivity contribution in [3.63, 3.8) is 0 Å². The van der Waals surface area contributed by atoms with Crippen LogP contribution < -0.4 is 5.32 Å². The van der Waals surface area contributed by atoms with Crippen LogP contribution >= 0.6 is 0 Å². The second-order valence-electron chi connectivity index (χ2n) is 7.00. The average Bonchev–Trinajstić information content (AvgIpc) is 2.62. The van der Waals surface area contributed by atoms with Crippen molar-refractivity contribution in [1.82, 2.24) is 5.32 Å². The molecule has 0 bridgehead atoms. The third kappa shape index (κ3) is 2.92. The van der Waals surface area contributed by atoms with Gasteiger partial charge in [0, 0.05) is 23.9 Å². The number of piperidine rings is 1. The summed E-state index contributed by atoms with van der Waals surface area (Å²) < 4.78 is 0. The number of aliphatic hydroxyl groups is 1. The van der Waals surface area contributed by atoms with E-state index in [2.05, 4.69) is 74.3 Å². The minimum absolute atomic E-state index is 0.0906. The highest BCUT2D eigenvalue weighted by molar-refractivity contribution is 5.28. The van der Waals surface area contributed by atoms with Crippen LogP contribution in [0.2, 0.25) is 0 Å². The molecule has 2 aromatic rings. The summed E-state index contributed by atoms with van der Waals surface area (Å²) in [6.07, 6.45) is 2.45. The van der Waals surface area contributed by atoms with Crippen molar-refractivity contribution in [2.45, 2.75) is 38.0 Å². The van der Waals surface area contributed by atoms with E-state index in [1.54, 1.807) is 0 Å². The molecule has 0 amide bonds. The van der Waals surface area contributed by atoms with Gasteiger partial charge in [-0.15, -0.1) is 6.58 Å².